The monoisotopic (exact) mass is 503 g/mol. The first-order valence-electron chi connectivity index (χ1n) is 11.1. The van der Waals surface area contributed by atoms with Gasteiger partial charge in [-0.25, -0.2) is 4.98 Å². The third-order valence-corrected chi connectivity index (χ3v) is 7.89. The smallest absolute Gasteiger partial charge is 0.309 e. The Hall–Kier alpha value is -2.36. The number of thiophene rings is 1. The van der Waals surface area contributed by atoms with Gasteiger partial charge in [-0.3, -0.25) is 14.9 Å². The minimum atomic E-state index is -0.944. The Morgan fingerprint density at radius 2 is 1.91 bits per heavy atom. The van der Waals surface area contributed by atoms with E-state index in [1.165, 1.54) is 59.7 Å². The maximum atomic E-state index is 12.5. The summed E-state index contributed by atoms with van der Waals surface area (Å²) in [6.07, 6.45) is 6.28. The Bertz CT molecular complexity index is 1050. The molecule has 0 bridgehead atoms. The number of hydrogen-bond donors (Lipinski definition) is 3. The van der Waals surface area contributed by atoms with Crippen molar-refractivity contribution in [1.82, 2.24) is 4.98 Å². The molecule has 2 heterocycles. The van der Waals surface area contributed by atoms with Crippen molar-refractivity contribution in [1.29, 1.82) is 0 Å². The van der Waals surface area contributed by atoms with Gasteiger partial charge in [0.05, 0.1) is 17.0 Å². The fourth-order valence-electron chi connectivity index (χ4n) is 3.16. The average Bonchev–Trinajstić information content (AvgIpc) is 3.44. The first-order chi connectivity index (χ1) is 16.0. The van der Waals surface area contributed by atoms with Crippen molar-refractivity contribution in [2.75, 3.05) is 16.4 Å². The number of hydrogen-bond acceptors (Lipinski definition) is 7. The number of nitrogens with zero attached hydrogens (tertiary/aromatic N) is 1. The fraction of sp³-hybridized carbons (Fsp3) is 0.375. The van der Waals surface area contributed by atoms with Crippen LogP contribution >= 0.6 is 34.4 Å². The van der Waals surface area contributed by atoms with E-state index in [0.717, 1.165) is 16.3 Å². The van der Waals surface area contributed by atoms with Crippen LogP contribution in [0.15, 0.2) is 46.7 Å². The third kappa shape index (κ3) is 8.49. The molecule has 9 heteroatoms. The predicted molar refractivity (Wildman–Crippen MR) is 139 cm³/mol. The molecule has 1 amide bonds. The number of unbranched alkanes of at least 4 members (excludes halogenated alkanes) is 4. The van der Waals surface area contributed by atoms with Crippen molar-refractivity contribution in [3.63, 3.8) is 0 Å². The number of nitrogens with one attached hydrogen (secondary N) is 2. The molecule has 3 rings (SSSR count). The Labute approximate surface area is 206 Å². The Kier molecular flexibility index (Phi) is 10.2. The molecule has 3 N–H and O–H groups in total. The van der Waals surface area contributed by atoms with E-state index in [-0.39, 0.29) is 12.3 Å². The molecule has 0 saturated carbocycles. The van der Waals surface area contributed by atoms with E-state index in [1.807, 2.05) is 23.9 Å². The van der Waals surface area contributed by atoms with E-state index in [0.29, 0.717) is 22.2 Å². The lowest BCUT2D eigenvalue weighted by Gasteiger charge is -2.11. The lowest BCUT2D eigenvalue weighted by molar-refractivity contribution is -0.136. The maximum Gasteiger partial charge on any atom is 0.309 e. The number of anilines is 2. The third-order valence-electron chi connectivity index (χ3n) is 4.84. The van der Waals surface area contributed by atoms with Crippen molar-refractivity contribution in [2.24, 2.45) is 0 Å². The number of thioether (sulfide) groups is 1. The van der Waals surface area contributed by atoms with Gasteiger partial charge in [0.1, 0.15) is 0 Å². The van der Waals surface area contributed by atoms with Crippen LogP contribution < -0.4 is 10.6 Å². The molecule has 6 nitrogen and oxygen atoms in total. The zero-order valence-electron chi connectivity index (χ0n) is 18.6. The Morgan fingerprint density at radius 1 is 1.09 bits per heavy atom. The van der Waals surface area contributed by atoms with Gasteiger partial charge in [0, 0.05) is 27.4 Å². The van der Waals surface area contributed by atoms with Gasteiger partial charge in [-0.1, -0.05) is 44.7 Å². The molecule has 2 aromatic heterocycles. The van der Waals surface area contributed by atoms with Gasteiger partial charge in [0.2, 0.25) is 0 Å². The summed E-state index contributed by atoms with van der Waals surface area (Å²) < 4.78 is 0. The first kappa shape index (κ1) is 25.3. The molecule has 33 heavy (non-hydrogen) atoms. The fourth-order valence-corrected chi connectivity index (χ4v) is 5.75. The van der Waals surface area contributed by atoms with Gasteiger partial charge in [-0.15, -0.1) is 34.4 Å². The van der Waals surface area contributed by atoms with Gasteiger partial charge >= 0.3 is 5.97 Å². The molecule has 0 saturated heterocycles. The number of thiazole rings is 1. The van der Waals surface area contributed by atoms with Crippen LogP contribution in [0.3, 0.4) is 0 Å². The first-order valence-corrected chi connectivity index (χ1v) is 13.7. The molecule has 0 aliphatic heterocycles. The van der Waals surface area contributed by atoms with Crippen molar-refractivity contribution < 1.29 is 14.7 Å². The average molecular weight is 504 g/mol. The zero-order chi connectivity index (χ0) is 23.5. The van der Waals surface area contributed by atoms with Crippen molar-refractivity contribution in [2.45, 2.75) is 56.9 Å². The second-order valence-corrected chi connectivity index (χ2v) is 10.7. The van der Waals surface area contributed by atoms with Gasteiger partial charge < -0.3 is 10.4 Å². The largest absolute Gasteiger partial charge is 0.481 e. The molecule has 0 radical (unpaired) electrons. The second kappa shape index (κ2) is 13.4. The number of aliphatic carboxylic acids is 1. The topological polar surface area (TPSA) is 91.3 Å². The lowest BCUT2D eigenvalue weighted by Crippen LogP contribution is -2.10. The van der Waals surface area contributed by atoms with E-state index >= 15 is 0 Å². The van der Waals surface area contributed by atoms with Crippen molar-refractivity contribution in [3.05, 3.63) is 57.2 Å². The van der Waals surface area contributed by atoms with Crippen molar-refractivity contribution >= 4 is 57.1 Å². The van der Waals surface area contributed by atoms with Crippen LogP contribution in [0.25, 0.3) is 0 Å². The molecule has 176 valence electrons. The summed E-state index contributed by atoms with van der Waals surface area (Å²) in [6.45, 7) is 2.88. The second-order valence-electron chi connectivity index (χ2n) is 7.55. The van der Waals surface area contributed by atoms with Crippen LogP contribution in [-0.4, -0.2) is 27.7 Å². The summed E-state index contributed by atoms with van der Waals surface area (Å²) in [6, 6.07) is 12.1. The highest BCUT2D eigenvalue weighted by molar-refractivity contribution is 7.99. The van der Waals surface area contributed by atoms with Crippen LogP contribution in [0.5, 0.6) is 0 Å². The minimum absolute atomic E-state index is 0.153. The molecular weight excluding hydrogens is 474 g/mol. The number of carboxylic acids is 1. The lowest BCUT2D eigenvalue weighted by atomic mass is 10.2. The normalized spacial score (nSPS) is 10.8. The van der Waals surface area contributed by atoms with Gasteiger partial charge in [-0.05, 0) is 36.4 Å². The highest BCUT2D eigenvalue weighted by Crippen LogP contribution is 2.29. The number of carboxylic acid groups (broad SMARTS) is 1. The molecule has 0 unspecified atom stereocenters. The van der Waals surface area contributed by atoms with Crippen LogP contribution in [0, 0.1) is 0 Å². The Balaban J connectivity index is 1.49. The number of aromatic nitrogens is 1. The van der Waals surface area contributed by atoms with Gasteiger partial charge in [0.15, 0.2) is 5.13 Å². The molecule has 0 aliphatic rings. The SMILES string of the molecule is CCCCCCCSc1ccccc1NCc1ccc(C(=O)Nc2nc(CC(=O)O)cs2)s1. The standard InChI is InChI=1S/C24H29N3O3S3/c1-2-3-4-5-8-13-31-20-10-7-6-9-19(20)25-15-18-11-12-21(33-18)23(30)27-24-26-17(16-32-24)14-22(28)29/h6-7,9-12,16,25H,2-5,8,13-15H2,1H3,(H,28,29)(H,26,27,30). The summed E-state index contributed by atoms with van der Waals surface area (Å²) in [4.78, 5) is 30.4. The maximum absolute atomic E-state index is 12.5. The van der Waals surface area contributed by atoms with Crippen molar-refractivity contribution in [3.8, 4) is 0 Å². The molecule has 0 aliphatic carbocycles. The molecule has 3 aromatic rings. The summed E-state index contributed by atoms with van der Waals surface area (Å²) in [5.74, 6) is -0.0570. The summed E-state index contributed by atoms with van der Waals surface area (Å²) >= 11 is 4.55. The number of para-hydroxylation sites is 1. The quantitative estimate of drug-likeness (QED) is 0.166. The van der Waals surface area contributed by atoms with E-state index in [2.05, 4.69) is 40.7 Å². The molecule has 0 spiro atoms. The highest BCUT2D eigenvalue weighted by atomic mass is 32.2. The number of amides is 1. The molecular formula is C24H29N3O3S3. The van der Waals surface area contributed by atoms with E-state index in [1.54, 1.807) is 11.4 Å². The number of benzene rings is 1. The number of carbonyl (C=O) groups excluding carboxylic acids is 1. The number of rotatable bonds is 14. The van der Waals surface area contributed by atoms with Crippen LogP contribution in [0.2, 0.25) is 0 Å². The Morgan fingerprint density at radius 3 is 2.73 bits per heavy atom. The van der Waals surface area contributed by atoms with Gasteiger partial charge in [0.25, 0.3) is 5.91 Å². The van der Waals surface area contributed by atoms with Crippen LogP contribution in [0.1, 0.15) is 59.3 Å². The number of carbonyl (C=O) groups is 2. The van der Waals surface area contributed by atoms with E-state index in [4.69, 9.17) is 5.11 Å². The van der Waals surface area contributed by atoms with E-state index in [9.17, 15) is 9.59 Å². The minimum Gasteiger partial charge on any atom is -0.481 e. The van der Waals surface area contributed by atoms with Crippen LogP contribution in [0.4, 0.5) is 10.8 Å². The summed E-state index contributed by atoms with van der Waals surface area (Å²) in [5.41, 5.74) is 1.56. The summed E-state index contributed by atoms with van der Waals surface area (Å²) in [7, 11) is 0. The van der Waals surface area contributed by atoms with E-state index < -0.39 is 5.97 Å². The zero-order valence-corrected chi connectivity index (χ0v) is 21.1. The van der Waals surface area contributed by atoms with Gasteiger partial charge in [-0.2, -0.15) is 0 Å². The molecule has 0 atom stereocenters. The molecule has 0 fully saturated rings. The summed E-state index contributed by atoms with van der Waals surface area (Å²) in [5, 5.41) is 17.2. The highest BCUT2D eigenvalue weighted by Gasteiger charge is 2.13. The predicted octanol–water partition coefficient (Wildman–Crippen LogP) is 6.76. The van der Waals surface area contributed by atoms with Crippen LogP contribution in [-0.2, 0) is 17.8 Å². The molecule has 1 aromatic carbocycles.